The molecule has 35 heavy (non-hydrogen) atoms. The third-order valence-electron chi connectivity index (χ3n) is 7.39. The second-order valence-corrected chi connectivity index (χ2v) is 11.5. The van der Waals surface area contributed by atoms with E-state index < -0.39 is 10.0 Å². The largest absolute Gasteiger partial charge is 0.395 e. The summed E-state index contributed by atoms with van der Waals surface area (Å²) >= 11 is 0. The molecule has 0 unspecified atom stereocenters. The van der Waals surface area contributed by atoms with Crippen molar-refractivity contribution in [2.75, 3.05) is 26.2 Å². The van der Waals surface area contributed by atoms with Crippen molar-refractivity contribution in [1.82, 2.24) is 9.21 Å². The maximum absolute atomic E-state index is 13.3. The third kappa shape index (κ3) is 5.05. The van der Waals surface area contributed by atoms with E-state index in [4.69, 9.17) is 0 Å². The molecular formula is C28H31FN2O3S. The van der Waals surface area contributed by atoms with E-state index in [1.807, 2.05) is 42.5 Å². The zero-order valence-corrected chi connectivity index (χ0v) is 20.4. The van der Waals surface area contributed by atoms with Crippen LogP contribution >= 0.6 is 0 Å². The van der Waals surface area contributed by atoms with Crippen molar-refractivity contribution in [2.45, 2.75) is 36.6 Å². The van der Waals surface area contributed by atoms with Gasteiger partial charge in [0.15, 0.2) is 0 Å². The van der Waals surface area contributed by atoms with E-state index in [1.165, 1.54) is 12.1 Å². The molecule has 7 heteroatoms. The average Bonchev–Trinajstić information content (AvgIpc) is 2.84. The number of halogens is 1. The summed E-state index contributed by atoms with van der Waals surface area (Å²) in [6.07, 6.45) is 1.72. The van der Waals surface area contributed by atoms with Gasteiger partial charge >= 0.3 is 0 Å². The molecule has 0 aromatic heterocycles. The van der Waals surface area contributed by atoms with Crippen LogP contribution in [0.2, 0.25) is 0 Å². The molecule has 2 saturated heterocycles. The lowest BCUT2D eigenvalue weighted by atomic mass is 9.74. The van der Waals surface area contributed by atoms with E-state index in [2.05, 4.69) is 17.0 Å². The fourth-order valence-corrected chi connectivity index (χ4v) is 7.16. The van der Waals surface area contributed by atoms with E-state index >= 15 is 0 Å². The summed E-state index contributed by atoms with van der Waals surface area (Å²) in [5.74, 6) is -0.211. The first kappa shape index (κ1) is 24.1. The van der Waals surface area contributed by atoms with Crippen molar-refractivity contribution < 1.29 is 17.9 Å². The Kier molecular flexibility index (Phi) is 7.02. The zero-order chi connectivity index (χ0) is 24.4. The van der Waals surface area contributed by atoms with Crippen LogP contribution in [0.25, 0.3) is 11.1 Å². The van der Waals surface area contributed by atoms with E-state index in [0.29, 0.717) is 13.1 Å². The molecule has 0 aliphatic carbocycles. The Morgan fingerprint density at radius 3 is 2.14 bits per heavy atom. The molecule has 5 rings (SSSR count). The molecule has 0 radical (unpaired) electrons. The summed E-state index contributed by atoms with van der Waals surface area (Å²) in [4.78, 5) is 2.28. The normalized spacial score (nSPS) is 23.7. The van der Waals surface area contributed by atoms with Gasteiger partial charge in [-0.3, -0.25) is 4.90 Å². The van der Waals surface area contributed by atoms with E-state index in [9.17, 15) is 17.9 Å². The van der Waals surface area contributed by atoms with Gasteiger partial charge in [-0.1, -0.05) is 66.7 Å². The van der Waals surface area contributed by atoms with E-state index in [-0.39, 0.29) is 36.2 Å². The van der Waals surface area contributed by atoms with Crippen LogP contribution in [-0.2, 0) is 15.8 Å². The zero-order valence-electron chi connectivity index (χ0n) is 19.6. The molecule has 3 aromatic carbocycles. The standard InChI is InChI=1S/C28H31FN2O3S/c29-25-14-12-23(13-15-25)22-8-10-24(11-9-22)28-26-18-30(16-4-5-17-31(26)27(28)19-32)35(33,34)20-21-6-2-1-3-7-21/h1-3,6-15,26-28,32H,4-5,16-20H2/t26-,27+,28+/m0/s1. The minimum atomic E-state index is -3.46. The van der Waals surface area contributed by atoms with Crippen LogP contribution in [0.1, 0.15) is 29.9 Å². The van der Waals surface area contributed by atoms with Crippen LogP contribution < -0.4 is 0 Å². The SMILES string of the molecule is O=S(=O)(Cc1ccccc1)N1CCCCN2[C@H](CO)[C@H](c3ccc(-c4ccc(F)cc4)cc3)[C@@H]2C1. The second kappa shape index (κ2) is 10.2. The second-order valence-electron chi connectivity index (χ2n) is 9.52. The Bertz CT molecular complexity index is 1230. The Morgan fingerprint density at radius 1 is 0.857 bits per heavy atom. The fourth-order valence-electron chi connectivity index (χ4n) is 5.58. The minimum absolute atomic E-state index is 0.00101. The molecule has 2 aliphatic rings. The number of hydrogen-bond donors (Lipinski definition) is 1. The van der Waals surface area contributed by atoms with Crippen LogP contribution in [0.4, 0.5) is 4.39 Å². The molecule has 0 spiro atoms. The number of rotatable bonds is 6. The van der Waals surface area contributed by atoms with Gasteiger partial charge in [0.25, 0.3) is 0 Å². The van der Waals surface area contributed by atoms with Crippen molar-refractivity contribution >= 4 is 10.0 Å². The molecular weight excluding hydrogens is 463 g/mol. The molecule has 3 aromatic rings. The number of nitrogens with zero attached hydrogens (tertiary/aromatic N) is 2. The predicted molar refractivity (Wildman–Crippen MR) is 136 cm³/mol. The van der Waals surface area contributed by atoms with Crippen molar-refractivity contribution in [1.29, 1.82) is 0 Å². The fraction of sp³-hybridized carbons (Fsp3) is 0.357. The first-order valence-electron chi connectivity index (χ1n) is 12.2. The molecule has 0 saturated carbocycles. The topological polar surface area (TPSA) is 60.9 Å². The average molecular weight is 495 g/mol. The number of aliphatic hydroxyl groups excluding tert-OH is 1. The van der Waals surface area contributed by atoms with Gasteiger partial charge in [-0.2, -0.15) is 0 Å². The lowest BCUT2D eigenvalue weighted by Crippen LogP contribution is -2.67. The molecule has 0 bridgehead atoms. The molecule has 5 nitrogen and oxygen atoms in total. The summed E-state index contributed by atoms with van der Waals surface area (Å²) in [6, 6.07) is 23.9. The van der Waals surface area contributed by atoms with Crippen molar-refractivity contribution in [3.05, 3.63) is 95.8 Å². The Morgan fingerprint density at radius 2 is 1.49 bits per heavy atom. The molecule has 2 aliphatic heterocycles. The van der Waals surface area contributed by atoms with Crippen molar-refractivity contribution in [2.24, 2.45) is 0 Å². The lowest BCUT2D eigenvalue weighted by molar-refractivity contribution is -0.0554. The first-order chi connectivity index (χ1) is 17.0. The van der Waals surface area contributed by atoms with Gasteiger partial charge in [-0.05, 0) is 53.8 Å². The molecule has 1 N–H and O–H groups in total. The predicted octanol–water partition coefficient (Wildman–Crippen LogP) is 4.25. The molecule has 2 fully saturated rings. The maximum Gasteiger partial charge on any atom is 0.218 e. The Hall–Kier alpha value is -2.58. The third-order valence-corrected chi connectivity index (χ3v) is 9.21. The van der Waals surface area contributed by atoms with Gasteiger partial charge in [0.2, 0.25) is 10.0 Å². The van der Waals surface area contributed by atoms with Gasteiger partial charge in [0.1, 0.15) is 5.82 Å². The summed E-state index contributed by atoms with van der Waals surface area (Å²) in [6.45, 7) is 1.86. The number of aliphatic hydroxyl groups is 1. The van der Waals surface area contributed by atoms with Crippen LogP contribution in [0.3, 0.4) is 0 Å². The summed E-state index contributed by atoms with van der Waals surface area (Å²) in [5, 5.41) is 10.2. The maximum atomic E-state index is 13.3. The van der Waals surface area contributed by atoms with Gasteiger partial charge in [0.05, 0.1) is 12.4 Å². The molecule has 3 atom stereocenters. The van der Waals surface area contributed by atoms with Crippen molar-refractivity contribution in [3.63, 3.8) is 0 Å². The highest BCUT2D eigenvalue weighted by Gasteiger charge is 2.50. The van der Waals surface area contributed by atoms with E-state index in [1.54, 1.807) is 16.4 Å². The number of hydrogen-bond acceptors (Lipinski definition) is 4. The smallest absolute Gasteiger partial charge is 0.218 e. The Balaban J connectivity index is 1.38. The summed E-state index contributed by atoms with van der Waals surface area (Å²) in [5.41, 5.74) is 3.82. The van der Waals surface area contributed by atoms with Crippen LogP contribution in [0, 0.1) is 5.82 Å². The lowest BCUT2D eigenvalue weighted by Gasteiger charge is -2.57. The number of fused-ring (bicyclic) bond motifs is 1. The van der Waals surface area contributed by atoms with E-state index in [0.717, 1.165) is 41.6 Å². The van der Waals surface area contributed by atoms with Crippen molar-refractivity contribution in [3.8, 4) is 11.1 Å². The number of benzene rings is 3. The molecule has 2 heterocycles. The van der Waals surface area contributed by atoms with Crippen LogP contribution in [0.15, 0.2) is 78.9 Å². The van der Waals surface area contributed by atoms with Gasteiger partial charge in [-0.25, -0.2) is 17.1 Å². The Labute approximate surface area is 206 Å². The van der Waals surface area contributed by atoms with Gasteiger partial charge in [-0.15, -0.1) is 0 Å². The monoisotopic (exact) mass is 494 g/mol. The minimum Gasteiger partial charge on any atom is -0.395 e. The summed E-state index contributed by atoms with van der Waals surface area (Å²) < 4.78 is 41.6. The first-order valence-corrected chi connectivity index (χ1v) is 13.8. The molecule has 0 amide bonds. The molecule has 184 valence electrons. The quantitative estimate of drug-likeness (QED) is 0.557. The summed E-state index contributed by atoms with van der Waals surface area (Å²) in [7, 11) is -3.46. The van der Waals surface area contributed by atoms with Crippen LogP contribution in [-0.4, -0.2) is 61.1 Å². The van der Waals surface area contributed by atoms with Gasteiger partial charge in [0, 0.05) is 31.1 Å². The highest BCUT2D eigenvalue weighted by atomic mass is 32.2. The highest BCUT2D eigenvalue weighted by molar-refractivity contribution is 7.88. The van der Waals surface area contributed by atoms with Crippen LogP contribution in [0.5, 0.6) is 0 Å². The number of sulfonamides is 1. The van der Waals surface area contributed by atoms with Gasteiger partial charge < -0.3 is 5.11 Å². The highest BCUT2D eigenvalue weighted by Crippen LogP contribution is 2.42.